The predicted molar refractivity (Wildman–Crippen MR) is 85.1 cm³/mol. The number of halogens is 1. The van der Waals surface area contributed by atoms with E-state index >= 15 is 0 Å². The molecule has 0 bridgehead atoms. The van der Waals surface area contributed by atoms with E-state index < -0.39 is 5.82 Å². The van der Waals surface area contributed by atoms with Gasteiger partial charge in [0.2, 0.25) is 5.91 Å². The van der Waals surface area contributed by atoms with Crippen LogP contribution in [0.1, 0.15) is 22.5 Å². The van der Waals surface area contributed by atoms with E-state index in [0.717, 1.165) is 0 Å². The maximum absolute atomic E-state index is 13.6. The highest BCUT2D eigenvalue weighted by Gasteiger charge is 2.13. The minimum Gasteiger partial charge on any atom is -0.494 e. The van der Waals surface area contributed by atoms with Crippen LogP contribution in [0.4, 0.5) is 4.39 Å². The van der Waals surface area contributed by atoms with E-state index in [9.17, 15) is 14.0 Å². The molecule has 0 aliphatic heterocycles. The Kier molecular flexibility index (Phi) is 5.95. The second-order valence-electron chi connectivity index (χ2n) is 5.20. The number of nitrogens with zero attached hydrogens (tertiary/aromatic N) is 1. The van der Waals surface area contributed by atoms with Crippen LogP contribution in [-0.4, -0.2) is 37.4 Å². The summed E-state index contributed by atoms with van der Waals surface area (Å²) in [5.74, 6) is -0.641. The van der Waals surface area contributed by atoms with Crippen LogP contribution in [0.3, 0.4) is 0 Å². The number of ether oxygens (including phenoxy) is 1. The summed E-state index contributed by atoms with van der Waals surface area (Å²) in [7, 11) is 3.02. The highest BCUT2D eigenvalue weighted by molar-refractivity contribution is 5.91. The van der Waals surface area contributed by atoms with Crippen molar-refractivity contribution in [2.24, 2.45) is 0 Å². The van der Waals surface area contributed by atoms with Crippen molar-refractivity contribution in [1.82, 2.24) is 10.2 Å². The molecule has 0 aliphatic carbocycles. The molecule has 0 spiro atoms. The Morgan fingerprint density at radius 1 is 1.33 bits per heavy atom. The first kappa shape index (κ1) is 17.5. The molecule has 2 aromatic rings. The molecule has 2 amide bonds. The van der Waals surface area contributed by atoms with Crippen LogP contribution in [0.2, 0.25) is 0 Å². The van der Waals surface area contributed by atoms with Crippen LogP contribution < -0.4 is 10.1 Å². The number of hydrogen-bond acceptors (Lipinski definition) is 4. The molecule has 0 atom stereocenters. The molecular formula is C17H19FN2O4. The summed E-state index contributed by atoms with van der Waals surface area (Å²) in [6, 6.07) is 7.71. The molecule has 2 rings (SSSR count). The lowest BCUT2D eigenvalue weighted by atomic mass is 10.2. The first-order chi connectivity index (χ1) is 11.5. The van der Waals surface area contributed by atoms with Gasteiger partial charge in [0.1, 0.15) is 0 Å². The predicted octanol–water partition coefficient (Wildman–Crippen LogP) is 2.21. The fourth-order valence-corrected chi connectivity index (χ4v) is 2.14. The van der Waals surface area contributed by atoms with Crippen LogP contribution in [0.25, 0.3) is 0 Å². The Labute approximate surface area is 139 Å². The van der Waals surface area contributed by atoms with Gasteiger partial charge in [0, 0.05) is 26.6 Å². The minimum absolute atomic E-state index is 0.140. The van der Waals surface area contributed by atoms with E-state index in [0.29, 0.717) is 5.56 Å². The molecule has 6 nitrogen and oxygen atoms in total. The topological polar surface area (TPSA) is 71.8 Å². The molecule has 128 valence electrons. The van der Waals surface area contributed by atoms with E-state index in [1.807, 2.05) is 0 Å². The number of hydrogen-bond donors (Lipinski definition) is 1. The van der Waals surface area contributed by atoms with Gasteiger partial charge in [0.25, 0.3) is 5.91 Å². The van der Waals surface area contributed by atoms with E-state index in [-0.39, 0.29) is 42.8 Å². The van der Waals surface area contributed by atoms with Crippen molar-refractivity contribution in [3.63, 3.8) is 0 Å². The van der Waals surface area contributed by atoms with Gasteiger partial charge in [-0.25, -0.2) is 4.39 Å². The smallest absolute Gasteiger partial charge is 0.286 e. The van der Waals surface area contributed by atoms with Crippen LogP contribution >= 0.6 is 0 Å². The standard InChI is InChI=1S/C17H19FN2O4/c1-20(11-12-5-6-14(23-2)13(18)10-12)16(21)7-8-19-17(22)15-4-3-9-24-15/h3-6,9-10H,7-8,11H2,1-2H3,(H,19,22). The molecule has 0 aliphatic rings. The van der Waals surface area contributed by atoms with Crippen LogP contribution in [-0.2, 0) is 11.3 Å². The van der Waals surface area contributed by atoms with Gasteiger partial charge < -0.3 is 19.4 Å². The van der Waals surface area contributed by atoms with E-state index in [1.54, 1.807) is 25.2 Å². The molecule has 1 N–H and O–H groups in total. The number of benzene rings is 1. The number of furan rings is 1. The van der Waals surface area contributed by atoms with Crippen molar-refractivity contribution < 1.29 is 23.1 Å². The minimum atomic E-state index is -0.471. The molecular weight excluding hydrogens is 315 g/mol. The van der Waals surface area contributed by atoms with Crippen molar-refractivity contribution >= 4 is 11.8 Å². The lowest BCUT2D eigenvalue weighted by Crippen LogP contribution is -2.31. The summed E-state index contributed by atoms with van der Waals surface area (Å²) in [4.78, 5) is 25.2. The van der Waals surface area contributed by atoms with Gasteiger partial charge in [-0.3, -0.25) is 9.59 Å². The molecule has 0 radical (unpaired) electrons. The summed E-state index contributed by atoms with van der Waals surface area (Å²) >= 11 is 0. The van der Waals surface area contributed by atoms with Crippen molar-refractivity contribution in [2.75, 3.05) is 20.7 Å². The number of nitrogens with one attached hydrogen (secondary N) is 1. The third-order valence-electron chi connectivity index (χ3n) is 3.43. The number of carbonyl (C=O) groups is 2. The Bertz CT molecular complexity index is 701. The van der Waals surface area contributed by atoms with Gasteiger partial charge in [-0.05, 0) is 29.8 Å². The van der Waals surface area contributed by atoms with Crippen molar-refractivity contribution in [3.05, 3.63) is 53.7 Å². The van der Waals surface area contributed by atoms with Gasteiger partial charge in [0.05, 0.1) is 13.4 Å². The Morgan fingerprint density at radius 3 is 2.75 bits per heavy atom. The van der Waals surface area contributed by atoms with Gasteiger partial charge in [-0.2, -0.15) is 0 Å². The fraction of sp³-hybridized carbons (Fsp3) is 0.294. The second kappa shape index (κ2) is 8.14. The largest absolute Gasteiger partial charge is 0.494 e. The summed E-state index contributed by atoms with van der Waals surface area (Å²) in [5.41, 5.74) is 0.656. The van der Waals surface area contributed by atoms with E-state index in [2.05, 4.69) is 5.32 Å². The molecule has 24 heavy (non-hydrogen) atoms. The Balaban J connectivity index is 1.79. The summed E-state index contributed by atoms with van der Waals surface area (Å²) < 4.78 is 23.5. The first-order valence-corrected chi connectivity index (χ1v) is 7.39. The fourth-order valence-electron chi connectivity index (χ4n) is 2.14. The average molecular weight is 334 g/mol. The highest BCUT2D eigenvalue weighted by atomic mass is 19.1. The molecule has 1 aromatic carbocycles. The normalized spacial score (nSPS) is 10.3. The molecule has 1 aromatic heterocycles. The molecule has 0 saturated carbocycles. The van der Waals surface area contributed by atoms with Crippen LogP contribution in [0, 0.1) is 5.82 Å². The molecule has 0 unspecified atom stereocenters. The van der Waals surface area contributed by atoms with Crippen molar-refractivity contribution in [3.8, 4) is 5.75 Å². The SMILES string of the molecule is COc1ccc(CN(C)C(=O)CCNC(=O)c2ccco2)cc1F. The number of amides is 2. The Hall–Kier alpha value is -2.83. The highest BCUT2D eigenvalue weighted by Crippen LogP contribution is 2.18. The number of methoxy groups -OCH3 is 1. The van der Waals surface area contributed by atoms with Gasteiger partial charge in [-0.15, -0.1) is 0 Å². The van der Waals surface area contributed by atoms with Crippen LogP contribution in [0.5, 0.6) is 5.75 Å². The zero-order valence-electron chi connectivity index (χ0n) is 13.5. The number of carbonyl (C=O) groups excluding carboxylic acids is 2. The van der Waals surface area contributed by atoms with Crippen LogP contribution in [0.15, 0.2) is 41.0 Å². The first-order valence-electron chi connectivity index (χ1n) is 7.39. The summed E-state index contributed by atoms with van der Waals surface area (Å²) in [5, 5.41) is 2.60. The summed E-state index contributed by atoms with van der Waals surface area (Å²) in [6.07, 6.45) is 1.55. The van der Waals surface area contributed by atoms with Gasteiger partial charge in [0.15, 0.2) is 17.3 Å². The lowest BCUT2D eigenvalue weighted by Gasteiger charge is -2.17. The maximum Gasteiger partial charge on any atom is 0.286 e. The number of rotatable bonds is 7. The molecule has 0 saturated heterocycles. The maximum atomic E-state index is 13.6. The van der Waals surface area contributed by atoms with E-state index in [1.165, 1.54) is 30.4 Å². The quantitative estimate of drug-likeness (QED) is 0.843. The lowest BCUT2D eigenvalue weighted by molar-refractivity contribution is -0.130. The second-order valence-corrected chi connectivity index (χ2v) is 5.20. The Morgan fingerprint density at radius 2 is 2.12 bits per heavy atom. The molecule has 7 heteroatoms. The molecule has 0 fully saturated rings. The van der Waals surface area contributed by atoms with Crippen molar-refractivity contribution in [1.29, 1.82) is 0 Å². The third kappa shape index (κ3) is 4.58. The van der Waals surface area contributed by atoms with E-state index in [4.69, 9.17) is 9.15 Å². The zero-order chi connectivity index (χ0) is 17.5. The average Bonchev–Trinajstić information content (AvgIpc) is 3.09. The monoisotopic (exact) mass is 334 g/mol. The summed E-state index contributed by atoms with van der Waals surface area (Å²) in [6.45, 7) is 0.464. The van der Waals surface area contributed by atoms with Gasteiger partial charge in [-0.1, -0.05) is 6.07 Å². The van der Waals surface area contributed by atoms with Gasteiger partial charge >= 0.3 is 0 Å². The molecule has 1 heterocycles. The third-order valence-corrected chi connectivity index (χ3v) is 3.43. The van der Waals surface area contributed by atoms with Crippen molar-refractivity contribution in [2.45, 2.75) is 13.0 Å². The zero-order valence-corrected chi connectivity index (χ0v) is 13.5.